The molecule has 43 heavy (non-hydrogen) atoms. The summed E-state index contributed by atoms with van der Waals surface area (Å²) < 4.78 is 23.9. The molecule has 1 heteroatoms. The van der Waals surface area contributed by atoms with Gasteiger partial charge in [0.05, 0.1) is 2.74 Å². The molecule has 9 rings (SSSR count). The van der Waals surface area contributed by atoms with Gasteiger partial charge in [0, 0.05) is 10.9 Å². The second-order valence-corrected chi connectivity index (χ2v) is 11.0. The normalized spacial score (nSPS) is 12.6. The van der Waals surface area contributed by atoms with Crippen LogP contribution in [0.15, 0.2) is 158 Å². The lowest BCUT2D eigenvalue weighted by Crippen LogP contribution is -1.98. The Morgan fingerprint density at radius 1 is 0.349 bits per heavy atom. The zero-order valence-electron chi connectivity index (χ0n) is 25.3. The van der Waals surface area contributed by atoms with Gasteiger partial charge in [0.1, 0.15) is 11.5 Å². The quantitative estimate of drug-likeness (QED) is 0.200. The topological polar surface area (TPSA) is 9.23 Å². The first kappa shape index (κ1) is 22.0. The summed E-state index contributed by atoms with van der Waals surface area (Å²) in [4.78, 5) is 0. The van der Waals surface area contributed by atoms with E-state index in [4.69, 9.17) is 7.48 Å². The molecule has 200 valence electrons. The van der Waals surface area contributed by atoms with E-state index in [1.54, 1.807) is 0 Å². The number of hydrogen-bond acceptors (Lipinski definition) is 1. The SMILES string of the molecule is [2H]c1ccc2c(-c3ccc4c5c(cccc35)Oc3ccccc3-4)c3cc([2H])ccc3c(-c3ccccc3-c3ccccc3)c2c1. The third kappa shape index (κ3) is 3.58. The van der Waals surface area contributed by atoms with Gasteiger partial charge in [0.25, 0.3) is 0 Å². The van der Waals surface area contributed by atoms with E-state index in [9.17, 15) is 0 Å². The fourth-order valence-corrected chi connectivity index (χ4v) is 6.95. The Bertz CT molecular complexity index is 2480. The molecule has 0 saturated heterocycles. The van der Waals surface area contributed by atoms with Gasteiger partial charge in [0.2, 0.25) is 0 Å². The van der Waals surface area contributed by atoms with Crippen LogP contribution in [0.3, 0.4) is 0 Å². The molecule has 8 aromatic rings. The smallest absolute Gasteiger partial charge is 0.135 e. The van der Waals surface area contributed by atoms with E-state index in [-0.39, 0.29) is 0 Å². The van der Waals surface area contributed by atoms with Gasteiger partial charge < -0.3 is 4.74 Å². The second-order valence-electron chi connectivity index (χ2n) is 11.0. The maximum atomic E-state index is 8.73. The summed E-state index contributed by atoms with van der Waals surface area (Å²) >= 11 is 0. The monoisotopic (exact) mass is 548 g/mol. The number of benzene rings is 8. The largest absolute Gasteiger partial charge is 0.456 e. The van der Waals surface area contributed by atoms with Gasteiger partial charge in [-0.3, -0.25) is 0 Å². The maximum Gasteiger partial charge on any atom is 0.135 e. The maximum absolute atomic E-state index is 8.73. The van der Waals surface area contributed by atoms with Crippen LogP contribution in [0.4, 0.5) is 0 Å². The standard InChI is InChI=1S/C42H26O/c1-2-13-27(14-3-1)28-15-4-5-17-30(28)40-31-18-6-8-20-33(31)41(34-21-9-7-19-32(34)40)37-26-25-36-29-16-10-11-23-38(29)43-39-24-12-22-35(37)42(36)39/h1-26H/i6D,9D. The minimum Gasteiger partial charge on any atom is -0.456 e. The Kier molecular flexibility index (Phi) is 4.83. The van der Waals surface area contributed by atoms with Crippen LogP contribution in [0.25, 0.3) is 76.8 Å². The van der Waals surface area contributed by atoms with Crippen molar-refractivity contribution >= 4 is 32.3 Å². The molecule has 0 aromatic heterocycles. The molecule has 0 atom stereocenters. The van der Waals surface area contributed by atoms with Crippen LogP contribution in [0.5, 0.6) is 11.5 Å². The summed E-state index contributed by atoms with van der Waals surface area (Å²) in [5.74, 6) is 1.71. The Hall–Kier alpha value is -5.66. The van der Waals surface area contributed by atoms with E-state index in [2.05, 4.69) is 97.1 Å². The summed E-state index contributed by atoms with van der Waals surface area (Å²) in [6, 6.07) is 50.7. The van der Waals surface area contributed by atoms with Crippen molar-refractivity contribution in [2.75, 3.05) is 0 Å². The first-order chi connectivity index (χ1) is 22.2. The number of hydrogen-bond donors (Lipinski definition) is 0. The van der Waals surface area contributed by atoms with Gasteiger partial charge in [-0.25, -0.2) is 0 Å². The Labute approximate surface area is 253 Å². The predicted octanol–water partition coefficient (Wildman–Crippen LogP) is 11.9. The van der Waals surface area contributed by atoms with Crippen molar-refractivity contribution in [1.29, 1.82) is 0 Å². The Morgan fingerprint density at radius 3 is 1.67 bits per heavy atom. The molecule has 1 aliphatic heterocycles. The molecule has 1 aliphatic rings. The van der Waals surface area contributed by atoms with Crippen LogP contribution in [0, 0.1) is 0 Å². The molecule has 8 aromatic carbocycles. The molecule has 0 N–H and O–H groups in total. The summed E-state index contributed by atoms with van der Waals surface area (Å²) in [5.41, 5.74) is 8.85. The highest BCUT2D eigenvalue weighted by molar-refractivity contribution is 6.25. The lowest BCUT2D eigenvalue weighted by molar-refractivity contribution is 0.487. The van der Waals surface area contributed by atoms with Crippen LogP contribution >= 0.6 is 0 Å². The van der Waals surface area contributed by atoms with E-state index in [0.29, 0.717) is 12.1 Å². The molecule has 0 spiro atoms. The summed E-state index contributed by atoms with van der Waals surface area (Å²) in [6.07, 6.45) is 0. The highest BCUT2D eigenvalue weighted by Crippen LogP contribution is 2.51. The van der Waals surface area contributed by atoms with Crippen molar-refractivity contribution in [3.8, 4) is 56.0 Å². The highest BCUT2D eigenvalue weighted by atomic mass is 16.5. The highest BCUT2D eigenvalue weighted by Gasteiger charge is 2.24. The number of rotatable bonds is 3. The van der Waals surface area contributed by atoms with Gasteiger partial charge in [-0.1, -0.05) is 146 Å². The lowest BCUT2D eigenvalue weighted by atomic mass is 9.82. The minimum absolute atomic E-state index is 0.461. The summed E-state index contributed by atoms with van der Waals surface area (Å²) in [6.45, 7) is 0. The van der Waals surface area contributed by atoms with Crippen LogP contribution in [0.1, 0.15) is 2.74 Å². The van der Waals surface area contributed by atoms with E-state index in [1.807, 2.05) is 48.5 Å². The van der Waals surface area contributed by atoms with Gasteiger partial charge in [-0.05, 0) is 78.0 Å². The van der Waals surface area contributed by atoms with Gasteiger partial charge in [0.15, 0.2) is 0 Å². The zero-order valence-corrected chi connectivity index (χ0v) is 23.3. The predicted molar refractivity (Wildman–Crippen MR) is 181 cm³/mol. The van der Waals surface area contributed by atoms with Crippen LogP contribution in [-0.4, -0.2) is 0 Å². The Morgan fingerprint density at radius 2 is 0.907 bits per heavy atom. The molecule has 0 aliphatic carbocycles. The van der Waals surface area contributed by atoms with Crippen molar-refractivity contribution in [3.63, 3.8) is 0 Å². The average molecular weight is 549 g/mol. The van der Waals surface area contributed by atoms with E-state index < -0.39 is 0 Å². The van der Waals surface area contributed by atoms with Crippen molar-refractivity contribution in [1.82, 2.24) is 0 Å². The summed E-state index contributed by atoms with van der Waals surface area (Å²) in [5, 5.41) is 6.35. The summed E-state index contributed by atoms with van der Waals surface area (Å²) in [7, 11) is 0. The first-order valence-electron chi connectivity index (χ1n) is 15.6. The molecular weight excluding hydrogens is 520 g/mol. The van der Waals surface area contributed by atoms with Crippen molar-refractivity contribution < 1.29 is 7.48 Å². The molecule has 0 radical (unpaired) electrons. The molecule has 0 amide bonds. The van der Waals surface area contributed by atoms with E-state index in [1.165, 1.54) is 0 Å². The van der Waals surface area contributed by atoms with Crippen LogP contribution in [0.2, 0.25) is 0 Å². The Balaban J connectivity index is 1.43. The van der Waals surface area contributed by atoms with Crippen molar-refractivity contribution in [3.05, 3.63) is 158 Å². The van der Waals surface area contributed by atoms with Gasteiger partial charge >= 0.3 is 0 Å². The average Bonchev–Trinajstić information content (AvgIpc) is 3.08. The molecule has 1 nitrogen and oxygen atoms in total. The third-order valence-corrected chi connectivity index (χ3v) is 8.76. The molecule has 1 heterocycles. The molecule has 0 fully saturated rings. The van der Waals surface area contributed by atoms with Gasteiger partial charge in [-0.15, -0.1) is 0 Å². The van der Waals surface area contributed by atoms with E-state index in [0.717, 1.165) is 88.3 Å². The van der Waals surface area contributed by atoms with Gasteiger partial charge in [-0.2, -0.15) is 0 Å². The number of ether oxygens (including phenoxy) is 1. The molecule has 0 saturated carbocycles. The zero-order chi connectivity index (χ0) is 30.1. The molecular formula is C42H26O. The molecule has 0 bridgehead atoms. The van der Waals surface area contributed by atoms with Crippen LogP contribution < -0.4 is 4.74 Å². The van der Waals surface area contributed by atoms with Crippen molar-refractivity contribution in [2.45, 2.75) is 0 Å². The van der Waals surface area contributed by atoms with E-state index >= 15 is 0 Å². The fourth-order valence-electron chi connectivity index (χ4n) is 6.95. The number of fused-ring (bicyclic) bond motifs is 4. The third-order valence-electron chi connectivity index (χ3n) is 8.76. The minimum atomic E-state index is 0.461. The second kappa shape index (κ2) is 9.44. The molecule has 0 unspecified atom stereocenters. The first-order valence-corrected chi connectivity index (χ1v) is 14.6. The lowest BCUT2D eigenvalue weighted by Gasteiger charge is -2.24. The van der Waals surface area contributed by atoms with Crippen molar-refractivity contribution in [2.24, 2.45) is 0 Å². The fraction of sp³-hybridized carbons (Fsp3) is 0. The van der Waals surface area contributed by atoms with Crippen LogP contribution in [-0.2, 0) is 0 Å². The number of para-hydroxylation sites is 1.